The Bertz CT molecular complexity index is 814. The maximum Gasteiger partial charge on any atom is 0.258 e. The van der Waals surface area contributed by atoms with Gasteiger partial charge in [0, 0.05) is 45.4 Å². The Labute approximate surface area is 170 Å². The number of rotatable bonds is 2. The van der Waals surface area contributed by atoms with Gasteiger partial charge in [0.05, 0.1) is 12.1 Å². The van der Waals surface area contributed by atoms with Crippen molar-refractivity contribution in [3.8, 4) is 5.75 Å². The summed E-state index contributed by atoms with van der Waals surface area (Å²) in [5.41, 5.74) is -0.392. The van der Waals surface area contributed by atoms with Crippen LogP contribution in [0.4, 0.5) is 0 Å². The van der Waals surface area contributed by atoms with Crippen LogP contribution in [0, 0.1) is 0 Å². The number of hydrogen-bond donors (Lipinski definition) is 1. The van der Waals surface area contributed by atoms with Crippen molar-refractivity contribution in [1.82, 2.24) is 20.0 Å². The summed E-state index contributed by atoms with van der Waals surface area (Å²) >= 11 is 0. The lowest BCUT2D eigenvalue weighted by Gasteiger charge is -2.38. The van der Waals surface area contributed by atoms with Crippen LogP contribution in [0.5, 0.6) is 5.75 Å². The standard InChI is InChI=1S/C21H28N4O4/c1-23-10-4-11-24(14-13-23)19(27)15-25-12-9-21(8-7-18(25)26)22-20(28)16-5-2-3-6-17(16)29-21/h2-3,5-6H,4,7-15H2,1H3,(H,22,28). The summed E-state index contributed by atoms with van der Waals surface area (Å²) in [7, 11) is 2.06. The Balaban J connectivity index is 1.42. The highest BCUT2D eigenvalue weighted by molar-refractivity contribution is 5.98. The molecule has 2 fully saturated rings. The third-order valence-corrected chi connectivity index (χ3v) is 6.06. The van der Waals surface area contributed by atoms with E-state index in [1.807, 2.05) is 11.0 Å². The lowest BCUT2D eigenvalue weighted by molar-refractivity contribution is -0.140. The van der Waals surface area contributed by atoms with Gasteiger partial charge in [0.1, 0.15) is 5.75 Å². The van der Waals surface area contributed by atoms with Gasteiger partial charge in [0.15, 0.2) is 5.72 Å². The van der Waals surface area contributed by atoms with E-state index in [0.717, 1.165) is 26.1 Å². The minimum Gasteiger partial charge on any atom is -0.467 e. The minimum absolute atomic E-state index is 0.0106. The van der Waals surface area contributed by atoms with Crippen molar-refractivity contribution < 1.29 is 19.1 Å². The molecule has 1 spiro atoms. The molecule has 8 nitrogen and oxygen atoms in total. The molecule has 2 saturated heterocycles. The van der Waals surface area contributed by atoms with Crippen LogP contribution in [-0.4, -0.2) is 84.5 Å². The van der Waals surface area contributed by atoms with Crippen molar-refractivity contribution in [2.45, 2.75) is 31.4 Å². The number of nitrogens with zero attached hydrogens (tertiary/aromatic N) is 3. The maximum atomic E-state index is 12.8. The van der Waals surface area contributed by atoms with Crippen LogP contribution in [0.2, 0.25) is 0 Å². The Morgan fingerprint density at radius 3 is 2.79 bits per heavy atom. The van der Waals surface area contributed by atoms with Crippen LogP contribution in [-0.2, 0) is 9.59 Å². The quantitative estimate of drug-likeness (QED) is 0.790. The predicted molar refractivity (Wildman–Crippen MR) is 106 cm³/mol. The van der Waals surface area contributed by atoms with Gasteiger partial charge >= 0.3 is 0 Å². The van der Waals surface area contributed by atoms with Gasteiger partial charge in [-0.1, -0.05) is 12.1 Å². The van der Waals surface area contributed by atoms with E-state index in [9.17, 15) is 14.4 Å². The molecule has 1 aromatic rings. The fourth-order valence-corrected chi connectivity index (χ4v) is 4.24. The lowest BCUT2D eigenvalue weighted by atomic mass is 10.0. The molecule has 0 aromatic heterocycles. The first-order valence-electron chi connectivity index (χ1n) is 10.3. The fraction of sp³-hybridized carbons (Fsp3) is 0.571. The molecule has 3 aliphatic heterocycles. The zero-order chi connectivity index (χ0) is 20.4. The molecular weight excluding hydrogens is 372 g/mol. The van der Waals surface area contributed by atoms with E-state index in [4.69, 9.17) is 4.74 Å². The highest BCUT2D eigenvalue weighted by atomic mass is 16.5. The van der Waals surface area contributed by atoms with Crippen molar-refractivity contribution in [1.29, 1.82) is 0 Å². The summed E-state index contributed by atoms with van der Waals surface area (Å²) < 4.78 is 6.15. The third-order valence-electron chi connectivity index (χ3n) is 6.06. The maximum absolute atomic E-state index is 12.8. The van der Waals surface area contributed by atoms with Crippen molar-refractivity contribution >= 4 is 17.7 Å². The largest absolute Gasteiger partial charge is 0.467 e. The molecule has 29 heavy (non-hydrogen) atoms. The zero-order valence-electron chi connectivity index (χ0n) is 16.9. The van der Waals surface area contributed by atoms with E-state index in [1.165, 1.54) is 0 Å². The monoisotopic (exact) mass is 400 g/mol. The predicted octanol–water partition coefficient (Wildman–Crippen LogP) is 0.682. The van der Waals surface area contributed by atoms with E-state index >= 15 is 0 Å². The van der Waals surface area contributed by atoms with Crippen LogP contribution in [0.25, 0.3) is 0 Å². The topological polar surface area (TPSA) is 82.2 Å². The molecular formula is C21H28N4O4. The second-order valence-electron chi connectivity index (χ2n) is 8.15. The summed E-state index contributed by atoms with van der Waals surface area (Å²) in [4.78, 5) is 43.7. The van der Waals surface area contributed by atoms with E-state index < -0.39 is 5.72 Å². The molecule has 0 aliphatic carbocycles. The average molecular weight is 400 g/mol. The van der Waals surface area contributed by atoms with Gasteiger partial charge in [0.25, 0.3) is 5.91 Å². The van der Waals surface area contributed by atoms with Crippen molar-refractivity contribution in [2.75, 3.05) is 46.3 Å². The fourth-order valence-electron chi connectivity index (χ4n) is 4.24. The van der Waals surface area contributed by atoms with E-state index in [-0.39, 0.29) is 30.7 Å². The normalized spacial score (nSPS) is 25.7. The summed E-state index contributed by atoms with van der Waals surface area (Å²) in [5.74, 6) is 0.279. The first-order valence-corrected chi connectivity index (χ1v) is 10.3. The van der Waals surface area contributed by atoms with Crippen LogP contribution >= 0.6 is 0 Å². The van der Waals surface area contributed by atoms with Gasteiger partial charge in [-0.25, -0.2) is 0 Å². The molecule has 156 valence electrons. The van der Waals surface area contributed by atoms with Gasteiger partial charge in [0.2, 0.25) is 11.8 Å². The second-order valence-corrected chi connectivity index (χ2v) is 8.15. The molecule has 1 unspecified atom stereocenters. The van der Waals surface area contributed by atoms with Crippen molar-refractivity contribution in [3.05, 3.63) is 29.8 Å². The Morgan fingerprint density at radius 1 is 1.10 bits per heavy atom. The highest BCUT2D eigenvalue weighted by Crippen LogP contribution is 2.33. The Kier molecular flexibility index (Phi) is 5.45. The number of amides is 3. The van der Waals surface area contributed by atoms with Crippen LogP contribution in [0.15, 0.2) is 24.3 Å². The number of likely N-dealkylation sites (N-methyl/N-ethyl adjacent to an activating group) is 1. The summed E-state index contributed by atoms with van der Waals surface area (Å²) in [6.07, 6.45) is 2.02. The molecule has 8 heteroatoms. The minimum atomic E-state index is -0.899. The molecule has 0 radical (unpaired) electrons. The van der Waals surface area contributed by atoms with Crippen LogP contribution < -0.4 is 10.1 Å². The van der Waals surface area contributed by atoms with Gasteiger partial charge < -0.3 is 24.8 Å². The number of fused-ring (bicyclic) bond motifs is 1. The zero-order valence-corrected chi connectivity index (χ0v) is 16.9. The summed E-state index contributed by atoms with van der Waals surface area (Å²) in [5, 5.41) is 2.96. The molecule has 0 saturated carbocycles. The lowest BCUT2D eigenvalue weighted by Crippen LogP contribution is -2.56. The molecule has 3 amide bonds. The first kappa shape index (κ1) is 19.7. The van der Waals surface area contributed by atoms with Gasteiger partial charge in [-0.15, -0.1) is 0 Å². The van der Waals surface area contributed by atoms with Gasteiger partial charge in [-0.05, 0) is 32.1 Å². The summed E-state index contributed by atoms with van der Waals surface area (Å²) in [6.45, 7) is 3.71. The number of likely N-dealkylation sites (tertiary alicyclic amines) is 1. The average Bonchev–Trinajstić information content (AvgIpc) is 3.01. The molecule has 1 N–H and O–H groups in total. The molecule has 4 rings (SSSR count). The SMILES string of the molecule is CN1CCCN(C(=O)CN2CCC3(CCC2=O)NC(=O)c2ccccc2O3)CC1. The van der Waals surface area contributed by atoms with Gasteiger partial charge in [-0.3, -0.25) is 14.4 Å². The number of ether oxygens (including phenoxy) is 1. The Morgan fingerprint density at radius 2 is 1.93 bits per heavy atom. The van der Waals surface area contributed by atoms with Crippen LogP contribution in [0.1, 0.15) is 36.0 Å². The smallest absolute Gasteiger partial charge is 0.258 e. The molecule has 3 aliphatic rings. The third kappa shape index (κ3) is 4.22. The number of benzene rings is 1. The van der Waals surface area contributed by atoms with Crippen molar-refractivity contribution in [2.24, 2.45) is 0 Å². The first-order chi connectivity index (χ1) is 14.0. The number of para-hydroxylation sites is 1. The Hall–Kier alpha value is -2.61. The van der Waals surface area contributed by atoms with Crippen LogP contribution in [0.3, 0.4) is 0 Å². The number of nitrogens with one attached hydrogen (secondary N) is 1. The van der Waals surface area contributed by atoms with Crippen molar-refractivity contribution in [3.63, 3.8) is 0 Å². The molecule has 1 atom stereocenters. The summed E-state index contributed by atoms with van der Waals surface area (Å²) in [6, 6.07) is 7.13. The van der Waals surface area contributed by atoms with Gasteiger partial charge in [-0.2, -0.15) is 0 Å². The van der Waals surface area contributed by atoms with E-state index in [1.54, 1.807) is 23.1 Å². The number of carbonyl (C=O) groups is 3. The number of hydrogen-bond acceptors (Lipinski definition) is 5. The highest BCUT2D eigenvalue weighted by Gasteiger charge is 2.42. The second kappa shape index (κ2) is 8.02. The molecule has 1 aromatic carbocycles. The number of carbonyl (C=O) groups excluding carboxylic acids is 3. The molecule has 3 heterocycles. The van der Waals surface area contributed by atoms with E-state index in [2.05, 4.69) is 17.3 Å². The molecule has 0 bridgehead atoms. The van der Waals surface area contributed by atoms with E-state index in [0.29, 0.717) is 37.2 Å².